The van der Waals surface area contributed by atoms with Gasteiger partial charge in [-0.25, -0.2) is 4.98 Å². The van der Waals surface area contributed by atoms with Crippen LogP contribution in [-0.4, -0.2) is 43.0 Å². The number of nitrogen functional groups attached to an aromatic ring is 1. The smallest absolute Gasteiger partial charge is 0.251 e. The Balaban J connectivity index is 2.46. The first-order valence-electron chi connectivity index (χ1n) is 7.22. The van der Waals surface area contributed by atoms with Crippen LogP contribution in [0.2, 0.25) is 0 Å². The number of aryl methyl sites for hydroxylation is 1. The lowest BCUT2D eigenvalue weighted by Gasteiger charge is -2.10. The normalized spacial score (nSPS) is 10.8. The number of aromatic nitrogens is 1. The molecule has 1 heterocycles. The number of hydrogen-bond donors (Lipinski definition) is 2. The molecular weight excluding hydrogens is 252 g/mol. The van der Waals surface area contributed by atoms with Gasteiger partial charge in [0, 0.05) is 17.8 Å². The zero-order chi connectivity index (χ0) is 15.0. The molecule has 0 radical (unpaired) electrons. The average molecular weight is 278 g/mol. The highest BCUT2D eigenvalue weighted by molar-refractivity contribution is 5.94. The molecule has 1 rings (SSSR count). The molecule has 0 spiro atoms. The maximum atomic E-state index is 12.0. The summed E-state index contributed by atoms with van der Waals surface area (Å²) in [5.41, 5.74) is 7.23. The van der Waals surface area contributed by atoms with Gasteiger partial charge in [-0.05, 0) is 52.0 Å². The molecule has 0 aliphatic heterocycles. The van der Waals surface area contributed by atoms with Gasteiger partial charge >= 0.3 is 0 Å². The lowest BCUT2D eigenvalue weighted by Crippen LogP contribution is -2.25. The van der Waals surface area contributed by atoms with E-state index in [0.29, 0.717) is 17.9 Å². The van der Waals surface area contributed by atoms with Gasteiger partial charge in [0.05, 0.1) is 0 Å². The number of pyridine rings is 1. The van der Waals surface area contributed by atoms with E-state index in [1.807, 2.05) is 20.2 Å². The summed E-state index contributed by atoms with van der Waals surface area (Å²) >= 11 is 0. The molecule has 0 aliphatic carbocycles. The summed E-state index contributed by atoms with van der Waals surface area (Å²) in [6.45, 7) is 3.81. The van der Waals surface area contributed by atoms with Crippen LogP contribution in [0.5, 0.6) is 0 Å². The third kappa shape index (κ3) is 6.02. The summed E-state index contributed by atoms with van der Waals surface area (Å²) in [5.74, 6) is 0.343. The number of hydrogen-bond acceptors (Lipinski definition) is 4. The van der Waals surface area contributed by atoms with E-state index in [2.05, 4.69) is 22.1 Å². The van der Waals surface area contributed by atoms with E-state index in [9.17, 15) is 4.79 Å². The molecule has 0 fully saturated rings. The number of nitrogens with two attached hydrogens (primary N) is 1. The zero-order valence-corrected chi connectivity index (χ0v) is 12.8. The van der Waals surface area contributed by atoms with Crippen LogP contribution in [0.25, 0.3) is 0 Å². The van der Waals surface area contributed by atoms with Crippen LogP contribution in [0.4, 0.5) is 5.82 Å². The molecule has 0 atom stereocenters. The highest BCUT2D eigenvalue weighted by atomic mass is 16.1. The van der Waals surface area contributed by atoms with Crippen molar-refractivity contribution in [3.05, 3.63) is 23.4 Å². The van der Waals surface area contributed by atoms with Gasteiger partial charge in [-0.1, -0.05) is 13.3 Å². The van der Waals surface area contributed by atoms with E-state index in [-0.39, 0.29) is 5.91 Å². The summed E-state index contributed by atoms with van der Waals surface area (Å²) in [6, 6.07) is 3.46. The van der Waals surface area contributed by atoms with Crippen molar-refractivity contribution in [1.29, 1.82) is 0 Å². The maximum Gasteiger partial charge on any atom is 0.251 e. The van der Waals surface area contributed by atoms with E-state index in [1.54, 1.807) is 6.07 Å². The fraction of sp³-hybridized carbons (Fsp3) is 0.600. The standard InChI is InChI=1S/C15H26N4O/c1-4-7-13-10-12(11-14(16)18-13)15(20)17-8-5-6-9-19(2)3/h10-11H,4-9H2,1-3H3,(H2,16,18)(H,17,20). The van der Waals surface area contributed by atoms with Gasteiger partial charge in [0.15, 0.2) is 0 Å². The summed E-state index contributed by atoms with van der Waals surface area (Å²) in [6.07, 6.45) is 3.88. The molecule has 112 valence electrons. The number of unbranched alkanes of at least 4 members (excludes halogenated alkanes) is 1. The largest absolute Gasteiger partial charge is 0.384 e. The second-order valence-electron chi connectivity index (χ2n) is 5.29. The minimum absolute atomic E-state index is 0.0682. The van der Waals surface area contributed by atoms with Gasteiger partial charge in [0.25, 0.3) is 5.91 Å². The van der Waals surface area contributed by atoms with Crippen molar-refractivity contribution in [2.24, 2.45) is 0 Å². The van der Waals surface area contributed by atoms with Crippen LogP contribution < -0.4 is 11.1 Å². The van der Waals surface area contributed by atoms with Gasteiger partial charge in [-0.2, -0.15) is 0 Å². The fourth-order valence-corrected chi connectivity index (χ4v) is 1.98. The zero-order valence-electron chi connectivity index (χ0n) is 12.8. The number of anilines is 1. The molecular formula is C15H26N4O. The Morgan fingerprint density at radius 3 is 2.75 bits per heavy atom. The Morgan fingerprint density at radius 1 is 1.35 bits per heavy atom. The molecule has 3 N–H and O–H groups in total. The third-order valence-electron chi connectivity index (χ3n) is 2.98. The first-order chi connectivity index (χ1) is 9.52. The van der Waals surface area contributed by atoms with E-state index >= 15 is 0 Å². The van der Waals surface area contributed by atoms with Gasteiger partial charge in [-0.3, -0.25) is 4.79 Å². The molecule has 1 amide bonds. The number of amides is 1. The van der Waals surface area contributed by atoms with Gasteiger partial charge in [-0.15, -0.1) is 0 Å². The van der Waals surface area contributed by atoms with Crippen molar-refractivity contribution in [2.45, 2.75) is 32.6 Å². The number of nitrogens with one attached hydrogen (secondary N) is 1. The summed E-state index contributed by atoms with van der Waals surface area (Å²) in [5, 5.41) is 2.93. The molecule has 0 aromatic carbocycles. The Labute approximate surface area is 121 Å². The number of rotatable bonds is 8. The molecule has 0 unspecified atom stereocenters. The van der Waals surface area contributed by atoms with Crippen LogP contribution in [0.3, 0.4) is 0 Å². The molecule has 0 aliphatic rings. The molecule has 5 heteroatoms. The van der Waals surface area contributed by atoms with Crippen LogP contribution >= 0.6 is 0 Å². The van der Waals surface area contributed by atoms with Crippen molar-refractivity contribution in [2.75, 3.05) is 32.9 Å². The van der Waals surface area contributed by atoms with Gasteiger partial charge < -0.3 is 16.0 Å². The summed E-state index contributed by atoms with van der Waals surface area (Å²) in [4.78, 5) is 18.4. The van der Waals surface area contributed by atoms with E-state index in [1.165, 1.54) is 0 Å². The molecule has 5 nitrogen and oxygen atoms in total. The maximum absolute atomic E-state index is 12.0. The van der Waals surface area contributed by atoms with Crippen molar-refractivity contribution in [1.82, 2.24) is 15.2 Å². The van der Waals surface area contributed by atoms with Crippen LogP contribution in [0.1, 0.15) is 42.2 Å². The highest BCUT2D eigenvalue weighted by Crippen LogP contribution is 2.09. The highest BCUT2D eigenvalue weighted by Gasteiger charge is 2.08. The van der Waals surface area contributed by atoms with E-state index in [0.717, 1.165) is 37.9 Å². The Bertz CT molecular complexity index is 432. The van der Waals surface area contributed by atoms with Crippen LogP contribution in [0.15, 0.2) is 12.1 Å². The Morgan fingerprint density at radius 2 is 2.10 bits per heavy atom. The topological polar surface area (TPSA) is 71.2 Å². The molecule has 1 aromatic heterocycles. The fourth-order valence-electron chi connectivity index (χ4n) is 1.98. The van der Waals surface area contributed by atoms with Crippen LogP contribution in [-0.2, 0) is 6.42 Å². The monoisotopic (exact) mass is 278 g/mol. The molecule has 0 saturated carbocycles. The second kappa shape index (κ2) is 8.53. The Kier molecular flexibility index (Phi) is 7.01. The van der Waals surface area contributed by atoms with Crippen LogP contribution in [0, 0.1) is 0 Å². The number of carbonyl (C=O) groups is 1. The first kappa shape index (κ1) is 16.4. The lowest BCUT2D eigenvalue weighted by molar-refractivity contribution is 0.0952. The van der Waals surface area contributed by atoms with Crippen molar-refractivity contribution in [3.63, 3.8) is 0 Å². The number of carbonyl (C=O) groups excluding carboxylic acids is 1. The molecule has 20 heavy (non-hydrogen) atoms. The second-order valence-corrected chi connectivity index (χ2v) is 5.29. The van der Waals surface area contributed by atoms with Crippen molar-refractivity contribution in [3.8, 4) is 0 Å². The quantitative estimate of drug-likeness (QED) is 0.710. The molecule has 0 saturated heterocycles. The van der Waals surface area contributed by atoms with Gasteiger partial charge in [0.1, 0.15) is 5.82 Å². The Hall–Kier alpha value is -1.62. The minimum atomic E-state index is -0.0682. The third-order valence-corrected chi connectivity index (χ3v) is 2.98. The first-order valence-corrected chi connectivity index (χ1v) is 7.22. The summed E-state index contributed by atoms with van der Waals surface area (Å²) < 4.78 is 0. The molecule has 0 bridgehead atoms. The number of nitrogens with zero attached hydrogens (tertiary/aromatic N) is 2. The van der Waals surface area contributed by atoms with E-state index < -0.39 is 0 Å². The average Bonchev–Trinajstić information content (AvgIpc) is 2.37. The minimum Gasteiger partial charge on any atom is -0.384 e. The SMILES string of the molecule is CCCc1cc(C(=O)NCCCCN(C)C)cc(N)n1. The van der Waals surface area contributed by atoms with Crippen molar-refractivity contribution < 1.29 is 4.79 Å². The van der Waals surface area contributed by atoms with E-state index in [4.69, 9.17) is 5.73 Å². The van der Waals surface area contributed by atoms with Crippen molar-refractivity contribution >= 4 is 11.7 Å². The predicted octanol–water partition coefficient (Wildman–Crippen LogP) is 1.69. The van der Waals surface area contributed by atoms with Gasteiger partial charge in [0.2, 0.25) is 0 Å². The predicted molar refractivity (Wildman–Crippen MR) is 82.8 cm³/mol. The lowest BCUT2D eigenvalue weighted by atomic mass is 10.1. The summed E-state index contributed by atoms with van der Waals surface area (Å²) in [7, 11) is 4.10. The molecule has 1 aromatic rings.